The Morgan fingerprint density at radius 2 is 1.82 bits per heavy atom. The van der Waals surface area contributed by atoms with Crippen molar-refractivity contribution in [1.82, 2.24) is 4.90 Å². The Hall–Kier alpha value is -1.64. The van der Waals surface area contributed by atoms with E-state index in [1.807, 2.05) is 11.8 Å². The van der Waals surface area contributed by atoms with Crippen LogP contribution < -0.4 is 0 Å². The van der Waals surface area contributed by atoms with Crippen LogP contribution >= 0.6 is 0 Å². The molecule has 0 aliphatic carbocycles. The zero-order valence-corrected chi connectivity index (χ0v) is 9.95. The molecule has 0 bridgehead atoms. The number of halogens is 1. The van der Waals surface area contributed by atoms with Crippen molar-refractivity contribution in [2.75, 3.05) is 13.1 Å². The molecule has 0 radical (unpaired) electrons. The quantitative estimate of drug-likeness (QED) is 0.683. The van der Waals surface area contributed by atoms with Gasteiger partial charge < -0.3 is 4.90 Å². The van der Waals surface area contributed by atoms with E-state index in [1.54, 1.807) is 12.1 Å². The second-order valence-electron chi connectivity index (χ2n) is 4.25. The number of likely N-dealkylation sites (tertiary alicyclic amines) is 1. The van der Waals surface area contributed by atoms with Gasteiger partial charge in [-0.25, -0.2) is 4.39 Å². The van der Waals surface area contributed by atoms with Gasteiger partial charge in [-0.05, 0) is 44.0 Å². The topological polar surface area (TPSA) is 20.3 Å². The van der Waals surface area contributed by atoms with Crippen LogP contribution in [-0.4, -0.2) is 23.9 Å². The van der Waals surface area contributed by atoms with Gasteiger partial charge in [0, 0.05) is 18.7 Å². The zero-order chi connectivity index (χ0) is 12.3. The number of allylic oxidation sites excluding steroid dienone is 1. The summed E-state index contributed by atoms with van der Waals surface area (Å²) in [6.07, 6.45) is 4.02. The maximum atomic E-state index is 12.8. The van der Waals surface area contributed by atoms with Gasteiger partial charge in [0.05, 0.1) is 0 Å². The van der Waals surface area contributed by atoms with Crippen LogP contribution in [0.5, 0.6) is 0 Å². The number of carbonyl (C=O) groups is 1. The normalized spacial score (nSPS) is 15.9. The fourth-order valence-electron chi connectivity index (χ4n) is 2.06. The average molecular weight is 233 g/mol. The maximum absolute atomic E-state index is 12.8. The molecule has 0 aromatic heterocycles. The zero-order valence-electron chi connectivity index (χ0n) is 9.95. The largest absolute Gasteiger partial charge is 0.338 e. The molecule has 2 rings (SSSR count). The van der Waals surface area contributed by atoms with Crippen LogP contribution in [0, 0.1) is 5.82 Å². The van der Waals surface area contributed by atoms with Crippen molar-refractivity contribution in [3.8, 4) is 0 Å². The minimum Gasteiger partial charge on any atom is -0.338 e. The standard InChI is InChI=1S/C14H16FNO/c1-2-11-7-9-16(10-8-11)14(17)12-3-5-13(15)6-4-12/h2-6H,7-10H2,1H3. The highest BCUT2D eigenvalue weighted by atomic mass is 19.1. The van der Waals surface area contributed by atoms with Gasteiger partial charge in [-0.15, -0.1) is 0 Å². The van der Waals surface area contributed by atoms with Gasteiger partial charge in [0.2, 0.25) is 0 Å². The van der Waals surface area contributed by atoms with Crippen LogP contribution in [0.15, 0.2) is 35.9 Å². The first-order valence-corrected chi connectivity index (χ1v) is 5.89. The fraction of sp³-hybridized carbons (Fsp3) is 0.357. The van der Waals surface area contributed by atoms with Gasteiger partial charge in [0.25, 0.3) is 5.91 Å². The van der Waals surface area contributed by atoms with Crippen LogP contribution in [-0.2, 0) is 0 Å². The lowest BCUT2D eigenvalue weighted by atomic mass is 10.0. The van der Waals surface area contributed by atoms with Gasteiger partial charge in [-0.2, -0.15) is 0 Å². The molecule has 0 unspecified atom stereocenters. The lowest BCUT2D eigenvalue weighted by Crippen LogP contribution is -2.36. The summed E-state index contributed by atoms with van der Waals surface area (Å²) in [6, 6.07) is 5.74. The number of rotatable bonds is 1. The first-order valence-electron chi connectivity index (χ1n) is 5.89. The van der Waals surface area contributed by atoms with Crippen molar-refractivity contribution < 1.29 is 9.18 Å². The first kappa shape index (κ1) is 11.8. The van der Waals surface area contributed by atoms with E-state index in [0.29, 0.717) is 5.56 Å². The minimum absolute atomic E-state index is 0.000142. The number of nitrogens with zero attached hydrogens (tertiary/aromatic N) is 1. The van der Waals surface area contributed by atoms with E-state index < -0.39 is 0 Å². The lowest BCUT2D eigenvalue weighted by Gasteiger charge is -2.28. The molecule has 0 spiro atoms. The molecule has 1 fully saturated rings. The Bertz CT molecular complexity index is 426. The highest BCUT2D eigenvalue weighted by Crippen LogP contribution is 2.18. The van der Waals surface area contributed by atoms with Gasteiger partial charge in [0.1, 0.15) is 5.82 Å². The highest BCUT2D eigenvalue weighted by molar-refractivity contribution is 5.94. The van der Waals surface area contributed by atoms with E-state index in [9.17, 15) is 9.18 Å². The number of amides is 1. The number of carbonyl (C=O) groups excluding carboxylic acids is 1. The maximum Gasteiger partial charge on any atom is 0.253 e. The van der Waals surface area contributed by atoms with E-state index in [0.717, 1.165) is 25.9 Å². The van der Waals surface area contributed by atoms with Gasteiger partial charge in [-0.1, -0.05) is 11.6 Å². The van der Waals surface area contributed by atoms with E-state index in [1.165, 1.54) is 17.7 Å². The Morgan fingerprint density at radius 3 is 2.35 bits per heavy atom. The highest BCUT2D eigenvalue weighted by Gasteiger charge is 2.19. The summed E-state index contributed by atoms with van der Waals surface area (Å²) in [4.78, 5) is 13.9. The van der Waals surface area contributed by atoms with Crippen LogP contribution in [0.2, 0.25) is 0 Å². The van der Waals surface area contributed by atoms with Crippen molar-refractivity contribution in [3.05, 3.63) is 47.3 Å². The van der Waals surface area contributed by atoms with Crippen LogP contribution in [0.25, 0.3) is 0 Å². The van der Waals surface area contributed by atoms with Crippen molar-refractivity contribution in [2.45, 2.75) is 19.8 Å². The summed E-state index contributed by atoms with van der Waals surface area (Å²) in [5, 5.41) is 0. The van der Waals surface area contributed by atoms with Gasteiger partial charge in [0.15, 0.2) is 0 Å². The van der Waals surface area contributed by atoms with Crippen LogP contribution in [0.3, 0.4) is 0 Å². The summed E-state index contributed by atoms with van der Waals surface area (Å²) in [7, 11) is 0. The lowest BCUT2D eigenvalue weighted by molar-refractivity contribution is 0.0743. The molecule has 0 N–H and O–H groups in total. The van der Waals surface area contributed by atoms with Crippen molar-refractivity contribution in [1.29, 1.82) is 0 Å². The predicted octanol–water partition coefficient (Wildman–Crippen LogP) is 3.01. The monoisotopic (exact) mass is 233 g/mol. The summed E-state index contributed by atoms with van der Waals surface area (Å²) in [6.45, 7) is 3.55. The molecule has 90 valence electrons. The summed E-state index contributed by atoms with van der Waals surface area (Å²) in [5.74, 6) is -0.309. The summed E-state index contributed by atoms with van der Waals surface area (Å²) < 4.78 is 12.8. The molecule has 1 aromatic carbocycles. The van der Waals surface area contributed by atoms with E-state index in [4.69, 9.17) is 0 Å². The molecule has 0 saturated carbocycles. The smallest absolute Gasteiger partial charge is 0.253 e. The molecule has 1 amide bonds. The molecule has 1 aliphatic heterocycles. The molecule has 1 heterocycles. The Kier molecular flexibility index (Phi) is 3.57. The molecule has 17 heavy (non-hydrogen) atoms. The third kappa shape index (κ3) is 2.73. The third-order valence-corrected chi connectivity index (χ3v) is 3.19. The van der Waals surface area contributed by atoms with E-state index >= 15 is 0 Å². The second kappa shape index (κ2) is 5.13. The molecular weight excluding hydrogens is 217 g/mol. The molecule has 1 saturated heterocycles. The molecule has 0 atom stereocenters. The Labute approximate surface area is 101 Å². The third-order valence-electron chi connectivity index (χ3n) is 3.19. The molecule has 1 aromatic rings. The fourth-order valence-corrected chi connectivity index (χ4v) is 2.06. The summed E-state index contributed by atoms with van der Waals surface area (Å²) in [5.41, 5.74) is 1.98. The minimum atomic E-state index is -0.309. The average Bonchev–Trinajstić information content (AvgIpc) is 2.39. The van der Waals surface area contributed by atoms with Crippen molar-refractivity contribution >= 4 is 5.91 Å². The molecular formula is C14H16FNO. The van der Waals surface area contributed by atoms with Gasteiger partial charge in [-0.3, -0.25) is 4.79 Å². The van der Waals surface area contributed by atoms with Gasteiger partial charge >= 0.3 is 0 Å². The van der Waals surface area contributed by atoms with Crippen molar-refractivity contribution in [3.63, 3.8) is 0 Å². The molecule has 3 heteroatoms. The number of hydrogen-bond acceptors (Lipinski definition) is 1. The SMILES string of the molecule is CC=C1CCN(C(=O)c2ccc(F)cc2)CC1. The number of benzene rings is 1. The van der Waals surface area contributed by atoms with Crippen molar-refractivity contribution in [2.24, 2.45) is 0 Å². The van der Waals surface area contributed by atoms with E-state index in [-0.39, 0.29) is 11.7 Å². The van der Waals surface area contributed by atoms with Crippen LogP contribution in [0.1, 0.15) is 30.1 Å². The van der Waals surface area contributed by atoms with E-state index in [2.05, 4.69) is 6.08 Å². The summed E-state index contributed by atoms with van der Waals surface area (Å²) >= 11 is 0. The molecule has 1 aliphatic rings. The number of hydrogen-bond donors (Lipinski definition) is 0. The Morgan fingerprint density at radius 1 is 1.24 bits per heavy atom. The second-order valence-corrected chi connectivity index (χ2v) is 4.25. The number of piperidine rings is 1. The first-order chi connectivity index (χ1) is 8.20. The molecule has 2 nitrogen and oxygen atoms in total. The Balaban J connectivity index is 2.04. The van der Waals surface area contributed by atoms with Crippen LogP contribution in [0.4, 0.5) is 4.39 Å². The predicted molar refractivity (Wildman–Crippen MR) is 65.3 cm³/mol.